The van der Waals surface area contributed by atoms with Crippen LogP contribution in [0.25, 0.3) is 0 Å². The molecule has 0 unspecified atom stereocenters. The number of aliphatic imine (C=N–C) groups is 1. The molecular formula is C29H30ClN5O2S. The van der Waals surface area contributed by atoms with Gasteiger partial charge in [-0.2, -0.15) is 0 Å². The second-order valence-electron chi connectivity index (χ2n) is 9.06. The molecule has 1 heterocycles. The van der Waals surface area contributed by atoms with Gasteiger partial charge in [-0.25, -0.2) is 4.99 Å². The van der Waals surface area contributed by atoms with Gasteiger partial charge in [0.15, 0.2) is 5.17 Å². The predicted octanol–water partition coefficient (Wildman–Crippen LogP) is 6.00. The number of hydrogen-bond acceptors (Lipinski definition) is 6. The second kappa shape index (κ2) is 12.2. The molecule has 3 aromatic carbocycles. The lowest BCUT2D eigenvalue weighted by Gasteiger charge is -2.27. The van der Waals surface area contributed by atoms with Crippen LogP contribution in [0.4, 0.5) is 17.1 Å². The molecule has 1 aliphatic heterocycles. The number of nitrogens with one attached hydrogen (secondary N) is 3. The molecule has 9 heteroatoms. The summed E-state index contributed by atoms with van der Waals surface area (Å²) >= 11 is 7.46. The highest BCUT2D eigenvalue weighted by Gasteiger charge is 2.30. The summed E-state index contributed by atoms with van der Waals surface area (Å²) in [6, 6.07) is 22.2. The Bertz CT molecular complexity index is 1390. The summed E-state index contributed by atoms with van der Waals surface area (Å²) in [6.07, 6.45) is 0. The number of benzene rings is 3. The van der Waals surface area contributed by atoms with Gasteiger partial charge in [0.2, 0.25) is 5.91 Å². The van der Waals surface area contributed by atoms with E-state index in [-0.39, 0.29) is 17.6 Å². The van der Waals surface area contributed by atoms with E-state index < -0.39 is 6.04 Å². The molecule has 0 bridgehead atoms. The van der Waals surface area contributed by atoms with Gasteiger partial charge in [0, 0.05) is 41.9 Å². The summed E-state index contributed by atoms with van der Waals surface area (Å²) in [5, 5.41) is 10.3. The first-order chi connectivity index (χ1) is 18.2. The molecule has 0 saturated heterocycles. The van der Waals surface area contributed by atoms with Gasteiger partial charge in [-0.3, -0.25) is 9.59 Å². The van der Waals surface area contributed by atoms with Crippen LogP contribution < -0.4 is 20.9 Å². The second-order valence-corrected chi connectivity index (χ2v) is 10.4. The van der Waals surface area contributed by atoms with E-state index in [1.54, 1.807) is 12.1 Å². The van der Waals surface area contributed by atoms with Crippen molar-refractivity contribution >= 4 is 57.4 Å². The number of nitrogens with zero attached hydrogens (tertiary/aromatic N) is 2. The van der Waals surface area contributed by atoms with Gasteiger partial charge in [-0.15, -0.1) is 0 Å². The maximum atomic E-state index is 13.4. The molecule has 0 aromatic heterocycles. The molecule has 38 heavy (non-hydrogen) atoms. The van der Waals surface area contributed by atoms with Crippen molar-refractivity contribution in [3.63, 3.8) is 0 Å². The van der Waals surface area contributed by atoms with Crippen LogP contribution in [-0.4, -0.2) is 36.8 Å². The average molecular weight is 548 g/mol. The van der Waals surface area contributed by atoms with Crippen molar-refractivity contribution in [3.8, 4) is 0 Å². The summed E-state index contributed by atoms with van der Waals surface area (Å²) < 4.78 is 0. The minimum atomic E-state index is -0.531. The molecule has 1 aliphatic rings. The Morgan fingerprint density at radius 1 is 0.974 bits per heavy atom. The van der Waals surface area contributed by atoms with Crippen molar-refractivity contribution in [2.45, 2.75) is 19.9 Å². The topological polar surface area (TPSA) is 85.8 Å². The van der Waals surface area contributed by atoms with Crippen molar-refractivity contribution in [2.24, 2.45) is 4.99 Å². The lowest BCUT2D eigenvalue weighted by Crippen LogP contribution is -2.32. The standard InChI is InChI=1S/C29H30ClN5O2S/c1-18-23(30)11-8-12-24(18)33-25(36)17-38-29-31-19(2)26(28(37)32-21-9-6-5-7-10-21)27(34-29)20-13-15-22(16-14-20)35(3)4/h5-16,27H,17H2,1-4H3,(H,31,34)(H,32,37)(H,33,36)/t27-/m1/s1. The minimum Gasteiger partial charge on any atom is -0.378 e. The van der Waals surface area contributed by atoms with Crippen molar-refractivity contribution in [1.82, 2.24) is 5.32 Å². The SMILES string of the molecule is CC1=C(C(=O)Nc2ccccc2)[C@@H](c2ccc(N(C)C)cc2)N=C(SCC(=O)Nc2cccc(Cl)c2C)N1. The highest BCUT2D eigenvalue weighted by Crippen LogP contribution is 2.34. The van der Waals surface area contributed by atoms with Gasteiger partial charge in [0.05, 0.1) is 11.3 Å². The predicted molar refractivity (Wildman–Crippen MR) is 159 cm³/mol. The van der Waals surface area contributed by atoms with E-state index in [0.29, 0.717) is 32.8 Å². The third-order valence-corrected chi connectivity index (χ3v) is 7.40. The summed E-state index contributed by atoms with van der Waals surface area (Å²) in [7, 11) is 3.95. The molecular weight excluding hydrogens is 518 g/mol. The molecule has 7 nitrogen and oxygen atoms in total. The zero-order valence-corrected chi connectivity index (χ0v) is 23.3. The number of para-hydroxylation sites is 1. The first kappa shape index (κ1) is 27.3. The van der Waals surface area contributed by atoms with Crippen molar-refractivity contribution in [2.75, 3.05) is 35.4 Å². The first-order valence-electron chi connectivity index (χ1n) is 12.1. The number of allylic oxidation sites excluding steroid dienone is 1. The zero-order chi connectivity index (χ0) is 27.2. The monoisotopic (exact) mass is 547 g/mol. The summed E-state index contributed by atoms with van der Waals surface area (Å²) in [5.41, 5.74) is 5.33. The Labute approximate surface area is 232 Å². The molecule has 196 valence electrons. The number of anilines is 3. The van der Waals surface area contributed by atoms with E-state index in [9.17, 15) is 9.59 Å². The Balaban J connectivity index is 1.55. The molecule has 0 radical (unpaired) electrons. The van der Waals surface area contributed by atoms with Crippen molar-refractivity contribution in [1.29, 1.82) is 0 Å². The van der Waals surface area contributed by atoms with Gasteiger partial charge in [-0.05, 0) is 61.4 Å². The first-order valence-corrected chi connectivity index (χ1v) is 13.5. The van der Waals surface area contributed by atoms with Crippen molar-refractivity contribution in [3.05, 3.63) is 100 Å². The fraction of sp³-hybridized carbons (Fsp3) is 0.207. The Morgan fingerprint density at radius 2 is 1.68 bits per heavy atom. The number of carbonyl (C=O) groups excluding carboxylic acids is 2. The van der Waals surface area contributed by atoms with E-state index in [1.807, 2.05) is 93.5 Å². The van der Waals surface area contributed by atoms with Crippen molar-refractivity contribution < 1.29 is 9.59 Å². The highest BCUT2D eigenvalue weighted by atomic mass is 35.5. The van der Waals surface area contributed by atoms with Crippen LogP contribution in [0, 0.1) is 6.92 Å². The molecule has 4 rings (SSSR count). The minimum absolute atomic E-state index is 0.142. The quantitative estimate of drug-likeness (QED) is 0.338. The number of amides is 2. The van der Waals surface area contributed by atoms with Gasteiger partial charge in [-0.1, -0.05) is 59.8 Å². The van der Waals surface area contributed by atoms with E-state index in [4.69, 9.17) is 16.6 Å². The van der Waals surface area contributed by atoms with Gasteiger partial charge in [0.1, 0.15) is 6.04 Å². The number of thioether (sulfide) groups is 1. The molecule has 0 saturated carbocycles. The van der Waals surface area contributed by atoms with E-state index in [1.165, 1.54) is 11.8 Å². The van der Waals surface area contributed by atoms with E-state index in [0.717, 1.165) is 16.8 Å². The van der Waals surface area contributed by atoms with Crippen LogP contribution in [0.3, 0.4) is 0 Å². The molecule has 0 spiro atoms. The lowest BCUT2D eigenvalue weighted by molar-refractivity contribution is -0.114. The zero-order valence-electron chi connectivity index (χ0n) is 21.7. The molecule has 1 atom stereocenters. The molecule has 2 amide bonds. The normalized spacial score (nSPS) is 14.9. The third-order valence-electron chi connectivity index (χ3n) is 6.10. The third kappa shape index (κ3) is 6.57. The number of carbonyl (C=O) groups is 2. The molecule has 0 fully saturated rings. The van der Waals surface area contributed by atoms with Gasteiger partial charge in [0.25, 0.3) is 5.91 Å². The largest absolute Gasteiger partial charge is 0.378 e. The summed E-state index contributed by atoms with van der Waals surface area (Å²) in [4.78, 5) is 33.0. The Morgan fingerprint density at radius 3 is 2.37 bits per heavy atom. The maximum Gasteiger partial charge on any atom is 0.255 e. The van der Waals surface area contributed by atoms with Crippen LogP contribution >= 0.6 is 23.4 Å². The molecule has 3 aromatic rings. The van der Waals surface area contributed by atoms with Crippen LogP contribution in [0.5, 0.6) is 0 Å². The van der Waals surface area contributed by atoms with Gasteiger partial charge < -0.3 is 20.9 Å². The summed E-state index contributed by atoms with van der Waals surface area (Å²) in [6.45, 7) is 3.71. The maximum absolute atomic E-state index is 13.4. The van der Waals surface area contributed by atoms with Crippen LogP contribution in [0.1, 0.15) is 24.1 Å². The smallest absolute Gasteiger partial charge is 0.255 e. The number of rotatable bonds is 7. The fourth-order valence-corrected chi connectivity index (χ4v) is 4.91. The Kier molecular flexibility index (Phi) is 8.76. The van der Waals surface area contributed by atoms with Gasteiger partial charge >= 0.3 is 0 Å². The number of amidine groups is 1. The lowest BCUT2D eigenvalue weighted by atomic mass is 9.95. The molecule has 0 aliphatic carbocycles. The van der Waals surface area contributed by atoms with E-state index >= 15 is 0 Å². The Hall–Kier alpha value is -3.75. The molecule has 3 N–H and O–H groups in total. The van der Waals surface area contributed by atoms with Crippen LogP contribution in [0.2, 0.25) is 5.02 Å². The number of halogens is 1. The summed E-state index contributed by atoms with van der Waals surface area (Å²) in [5.74, 6) is -0.265. The van der Waals surface area contributed by atoms with Crippen LogP contribution in [0.15, 0.2) is 89.1 Å². The average Bonchev–Trinajstić information content (AvgIpc) is 2.90. The fourth-order valence-electron chi connectivity index (χ4n) is 3.99. The number of hydrogen-bond donors (Lipinski definition) is 3. The van der Waals surface area contributed by atoms with E-state index in [2.05, 4.69) is 16.0 Å². The van der Waals surface area contributed by atoms with Crippen LogP contribution in [-0.2, 0) is 9.59 Å². The highest BCUT2D eigenvalue weighted by molar-refractivity contribution is 8.14.